The van der Waals surface area contributed by atoms with Crippen LogP contribution >= 0.6 is 0 Å². The second kappa shape index (κ2) is 14.1. The zero-order chi connectivity index (χ0) is 19.9. The molecule has 0 unspecified atom stereocenters. The molecule has 7 heteroatoms. The summed E-state index contributed by atoms with van der Waals surface area (Å²) in [6, 6.07) is 4.09. The molecule has 1 aliphatic heterocycles. The average molecular weight is 380 g/mol. The molecule has 152 valence electrons. The van der Waals surface area contributed by atoms with Crippen molar-refractivity contribution >= 4 is 11.9 Å². The number of unbranched alkanes of at least 4 members (excludes halogenated alkanes) is 1. The minimum atomic E-state index is -0.246. The fraction of sp³-hybridized carbons (Fsp3) is 0.650. The fourth-order valence-electron chi connectivity index (χ4n) is 2.37. The number of hydrogen-bond acceptors (Lipinski definition) is 7. The fourth-order valence-corrected chi connectivity index (χ4v) is 2.37. The molecule has 0 amide bonds. The number of ether oxygens (including phenoxy) is 3. The van der Waals surface area contributed by atoms with Crippen molar-refractivity contribution in [3.05, 3.63) is 29.6 Å². The van der Waals surface area contributed by atoms with E-state index in [0.29, 0.717) is 19.6 Å². The lowest BCUT2D eigenvalue weighted by Gasteiger charge is -2.26. The molecule has 0 spiro atoms. The smallest absolute Gasteiger partial charge is 0.302 e. The molecule has 0 N–H and O–H groups in total. The second-order valence-corrected chi connectivity index (χ2v) is 6.33. The Balaban J connectivity index is 0.000000387. The van der Waals surface area contributed by atoms with E-state index in [1.807, 2.05) is 12.3 Å². The Hall–Kier alpha value is -1.99. The normalized spacial score (nSPS) is 14.0. The molecule has 1 aromatic heterocycles. The quantitative estimate of drug-likeness (QED) is 0.506. The third kappa shape index (κ3) is 12.1. The number of rotatable bonds is 8. The molecule has 1 fully saturated rings. The molecule has 1 saturated heterocycles. The van der Waals surface area contributed by atoms with Gasteiger partial charge in [0, 0.05) is 51.8 Å². The van der Waals surface area contributed by atoms with Crippen molar-refractivity contribution in [1.29, 1.82) is 0 Å². The van der Waals surface area contributed by atoms with E-state index in [1.54, 1.807) is 0 Å². The maximum absolute atomic E-state index is 10.7. The predicted molar refractivity (Wildman–Crippen MR) is 102 cm³/mol. The number of pyridine rings is 1. The van der Waals surface area contributed by atoms with Crippen molar-refractivity contribution in [3.8, 4) is 0 Å². The summed E-state index contributed by atoms with van der Waals surface area (Å²) in [5, 5.41) is 0. The first-order valence-corrected chi connectivity index (χ1v) is 9.52. The van der Waals surface area contributed by atoms with Gasteiger partial charge in [-0.2, -0.15) is 0 Å². The Morgan fingerprint density at radius 3 is 2.33 bits per heavy atom. The van der Waals surface area contributed by atoms with Crippen molar-refractivity contribution in [2.24, 2.45) is 0 Å². The van der Waals surface area contributed by atoms with Gasteiger partial charge in [0.15, 0.2) is 0 Å². The summed E-state index contributed by atoms with van der Waals surface area (Å²) in [6.07, 6.45) is 4.61. The number of aromatic nitrogens is 1. The Bertz CT molecular complexity index is 542. The topological polar surface area (TPSA) is 78.0 Å². The molecule has 27 heavy (non-hydrogen) atoms. The van der Waals surface area contributed by atoms with Crippen LogP contribution in [0.15, 0.2) is 18.3 Å². The highest BCUT2D eigenvalue weighted by Gasteiger charge is 2.10. The zero-order valence-corrected chi connectivity index (χ0v) is 16.7. The first kappa shape index (κ1) is 23.0. The van der Waals surface area contributed by atoms with Crippen LogP contribution in [0.2, 0.25) is 0 Å². The van der Waals surface area contributed by atoms with E-state index in [2.05, 4.69) is 27.6 Å². The molecule has 7 nitrogen and oxygen atoms in total. The highest BCUT2D eigenvalue weighted by molar-refractivity contribution is 5.66. The Morgan fingerprint density at radius 1 is 1.11 bits per heavy atom. The number of carbonyl (C=O) groups is 2. The average Bonchev–Trinajstić information content (AvgIpc) is 2.64. The van der Waals surface area contributed by atoms with Crippen molar-refractivity contribution in [2.75, 3.05) is 39.5 Å². The molecule has 1 aromatic rings. The van der Waals surface area contributed by atoms with Gasteiger partial charge in [-0.1, -0.05) is 19.4 Å². The van der Waals surface area contributed by atoms with Crippen molar-refractivity contribution in [3.63, 3.8) is 0 Å². The van der Waals surface area contributed by atoms with Gasteiger partial charge in [0.25, 0.3) is 0 Å². The van der Waals surface area contributed by atoms with Crippen LogP contribution in [0.1, 0.15) is 44.9 Å². The summed E-state index contributed by atoms with van der Waals surface area (Å²) in [7, 11) is 0. The number of morpholine rings is 1. The Kier molecular flexibility index (Phi) is 12.1. The summed E-state index contributed by atoms with van der Waals surface area (Å²) in [5.74, 6) is -0.428. The van der Waals surface area contributed by atoms with E-state index < -0.39 is 0 Å². The lowest BCUT2D eigenvalue weighted by Crippen LogP contribution is -2.35. The molecule has 2 rings (SSSR count). The molecule has 0 atom stereocenters. The third-order valence-corrected chi connectivity index (χ3v) is 3.86. The third-order valence-electron chi connectivity index (χ3n) is 3.86. The van der Waals surface area contributed by atoms with Crippen LogP contribution in [0, 0.1) is 0 Å². The van der Waals surface area contributed by atoms with Gasteiger partial charge in [-0.3, -0.25) is 19.5 Å². The van der Waals surface area contributed by atoms with Gasteiger partial charge in [0.1, 0.15) is 0 Å². The standard InChI is InChI=1S/C14H20N2O3.C6H12O2/c1-12(17)19-7-4-14-3-2-13(10-15-14)11-16-5-8-18-9-6-16;1-3-4-5-8-6(2)7/h2-3,10H,4-9,11H2,1H3;3-5H2,1-2H3. The van der Waals surface area contributed by atoms with E-state index >= 15 is 0 Å². The minimum Gasteiger partial charge on any atom is -0.466 e. The molecule has 0 bridgehead atoms. The Morgan fingerprint density at radius 2 is 1.78 bits per heavy atom. The molecule has 0 radical (unpaired) electrons. The summed E-state index contributed by atoms with van der Waals surface area (Å²) < 4.78 is 14.9. The molecular formula is C20H32N2O5. The lowest BCUT2D eigenvalue weighted by molar-refractivity contribution is -0.141. The monoisotopic (exact) mass is 380 g/mol. The van der Waals surface area contributed by atoms with Gasteiger partial charge in [-0.25, -0.2) is 0 Å². The van der Waals surface area contributed by atoms with Crippen LogP contribution in [0.5, 0.6) is 0 Å². The SMILES string of the molecule is CC(=O)OCCc1ccc(CN2CCOCC2)cn1.CCCCOC(C)=O. The van der Waals surface area contributed by atoms with Gasteiger partial charge in [-0.15, -0.1) is 0 Å². The largest absolute Gasteiger partial charge is 0.466 e. The molecule has 2 heterocycles. The highest BCUT2D eigenvalue weighted by Crippen LogP contribution is 2.07. The summed E-state index contributed by atoms with van der Waals surface area (Å²) >= 11 is 0. The maximum atomic E-state index is 10.7. The van der Waals surface area contributed by atoms with Crippen LogP contribution in [-0.2, 0) is 36.8 Å². The van der Waals surface area contributed by atoms with Crippen molar-refractivity contribution in [1.82, 2.24) is 9.88 Å². The van der Waals surface area contributed by atoms with E-state index in [1.165, 1.54) is 19.4 Å². The predicted octanol–water partition coefficient (Wildman–Crippen LogP) is 2.37. The van der Waals surface area contributed by atoms with Crippen LogP contribution in [0.25, 0.3) is 0 Å². The van der Waals surface area contributed by atoms with Gasteiger partial charge in [-0.05, 0) is 18.1 Å². The van der Waals surface area contributed by atoms with Crippen molar-refractivity contribution in [2.45, 2.75) is 46.6 Å². The molecular weight excluding hydrogens is 348 g/mol. The van der Waals surface area contributed by atoms with Crippen LogP contribution in [0.4, 0.5) is 0 Å². The highest BCUT2D eigenvalue weighted by atomic mass is 16.5. The number of hydrogen-bond donors (Lipinski definition) is 0. The summed E-state index contributed by atoms with van der Waals surface area (Å²) in [5.41, 5.74) is 2.16. The first-order chi connectivity index (χ1) is 13.0. The Labute approximate surface area is 162 Å². The van der Waals surface area contributed by atoms with E-state index in [9.17, 15) is 9.59 Å². The molecule has 0 saturated carbocycles. The number of nitrogens with zero attached hydrogens (tertiary/aromatic N) is 2. The van der Waals surface area contributed by atoms with Gasteiger partial charge < -0.3 is 14.2 Å². The van der Waals surface area contributed by atoms with Gasteiger partial charge >= 0.3 is 11.9 Å². The van der Waals surface area contributed by atoms with Crippen LogP contribution in [0.3, 0.4) is 0 Å². The lowest BCUT2D eigenvalue weighted by atomic mass is 10.2. The van der Waals surface area contributed by atoms with Crippen LogP contribution in [-0.4, -0.2) is 61.3 Å². The molecule has 0 aromatic carbocycles. The number of carbonyl (C=O) groups excluding carboxylic acids is 2. The van der Waals surface area contributed by atoms with Gasteiger partial charge in [0.05, 0.1) is 26.4 Å². The number of esters is 2. The van der Waals surface area contributed by atoms with Crippen molar-refractivity contribution < 1.29 is 23.8 Å². The molecule has 1 aliphatic rings. The van der Waals surface area contributed by atoms with E-state index in [-0.39, 0.29) is 11.9 Å². The summed E-state index contributed by atoms with van der Waals surface area (Å²) in [6.45, 7) is 10.4. The maximum Gasteiger partial charge on any atom is 0.302 e. The van der Waals surface area contributed by atoms with E-state index in [4.69, 9.17) is 9.47 Å². The zero-order valence-electron chi connectivity index (χ0n) is 16.7. The first-order valence-electron chi connectivity index (χ1n) is 9.52. The van der Waals surface area contributed by atoms with Gasteiger partial charge in [0.2, 0.25) is 0 Å². The minimum absolute atomic E-state index is 0.182. The summed E-state index contributed by atoms with van der Waals surface area (Å²) in [4.78, 5) is 27.5. The molecule has 0 aliphatic carbocycles. The van der Waals surface area contributed by atoms with Crippen LogP contribution < -0.4 is 0 Å². The second-order valence-electron chi connectivity index (χ2n) is 6.33. The van der Waals surface area contributed by atoms with E-state index in [0.717, 1.165) is 51.4 Å².